The maximum atomic E-state index is 12.6. The maximum absolute atomic E-state index is 12.6. The quantitative estimate of drug-likeness (QED) is 0.877. The van der Waals surface area contributed by atoms with Gasteiger partial charge in [-0.1, -0.05) is 0 Å². The molecule has 1 N–H and O–H groups in total. The second-order valence-corrected chi connectivity index (χ2v) is 3.27. The molecule has 0 aliphatic rings. The lowest BCUT2D eigenvalue weighted by molar-refractivity contribution is -0.126. The van der Waals surface area contributed by atoms with Crippen molar-refractivity contribution in [3.63, 3.8) is 0 Å². The van der Waals surface area contributed by atoms with Crippen LogP contribution in [0, 0.1) is 5.82 Å². The van der Waals surface area contributed by atoms with Gasteiger partial charge in [-0.25, -0.2) is 4.39 Å². The Balaban J connectivity index is 2.86. The molecule has 1 aromatic rings. The maximum Gasteiger partial charge on any atom is 0.315 e. The molecular weight excluding hydrogens is 263 g/mol. The first-order chi connectivity index (χ1) is 6.50. The molecule has 0 aromatic heterocycles. The molecule has 0 fully saturated rings. The molecule has 0 saturated heterocycles. The van der Waals surface area contributed by atoms with E-state index in [4.69, 9.17) is 0 Å². The van der Waals surface area contributed by atoms with Crippen LogP contribution >= 0.6 is 15.9 Å². The molecule has 0 saturated carbocycles. The van der Waals surface area contributed by atoms with Crippen LogP contribution in [0.15, 0.2) is 22.7 Å². The second kappa shape index (κ2) is 4.45. The van der Waals surface area contributed by atoms with Crippen LogP contribution in [0.25, 0.3) is 0 Å². The monoisotopic (exact) mass is 267 g/mol. The summed E-state index contributed by atoms with van der Waals surface area (Å²) in [6, 6.07) is 3.41. The fourth-order valence-electron chi connectivity index (χ4n) is 0.781. The van der Waals surface area contributed by atoms with Crippen LogP contribution in [0.4, 0.5) is 18.9 Å². The molecular formula is C8H5BrF3NO. The Hall–Kier alpha value is -1.04. The Morgan fingerprint density at radius 2 is 2.07 bits per heavy atom. The third kappa shape index (κ3) is 2.73. The van der Waals surface area contributed by atoms with Gasteiger partial charge in [0, 0.05) is 4.47 Å². The Kier molecular flexibility index (Phi) is 3.51. The number of halogens is 4. The van der Waals surface area contributed by atoms with Gasteiger partial charge < -0.3 is 5.32 Å². The molecule has 76 valence electrons. The summed E-state index contributed by atoms with van der Waals surface area (Å²) in [7, 11) is 0. The van der Waals surface area contributed by atoms with Gasteiger partial charge in [0.15, 0.2) is 0 Å². The van der Waals surface area contributed by atoms with Crippen molar-refractivity contribution in [3.8, 4) is 0 Å². The van der Waals surface area contributed by atoms with E-state index in [0.29, 0.717) is 4.47 Å². The smallest absolute Gasteiger partial charge is 0.315 e. The molecule has 1 aromatic carbocycles. The van der Waals surface area contributed by atoms with E-state index in [1.807, 2.05) is 5.32 Å². The summed E-state index contributed by atoms with van der Waals surface area (Å²) in [5.41, 5.74) is -0.0182. The number of nitrogens with one attached hydrogen (secondary N) is 1. The number of amides is 1. The SMILES string of the molecule is O=C(Nc1cc(F)ccc1Br)C(F)F. The van der Waals surface area contributed by atoms with Gasteiger partial charge in [0.1, 0.15) is 5.82 Å². The Morgan fingerprint density at radius 3 is 2.64 bits per heavy atom. The molecule has 0 spiro atoms. The van der Waals surface area contributed by atoms with E-state index >= 15 is 0 Å². The lowest BCUT2D eigenvalue weighted by Gasteiger charge is -2.06. The number of benzene rings is 1. The molecule has 1 rings (SSSR count). The Labute approximate surface area is 86.2 Å². The zero-order valence-corrected chi connectivity index (χ0v) is 8.32. The first-order valence-corrected chi connectivity index (χ1v) is 4.34. The van der Waals surface area contributed by atoms with Crippen LogP contribution in [0.2, 0.25) is 0 Å². The van der Waals surface area contributed by atoms with Crippen LogP contribution in [-0.4, -0.2) is 12.3 Å². The van der Waals surface area contributed by atoms with Crippen molar-refractivity contribution in [2.45, 2.75) is 6.43 Å². The summed E-state index contributed by atoms with van der Waals surface area (Å²) in [6.07, 6.45) is -3.12. The lowest BCUT2D eigenvalue weighted by atomic mass is 10.3. The predicted octanol–water partition coefficient (Wildman–Crippen LogP) is 2.79. The summed E-state index contributed by atoms with van der Waals surface area (Å²) in [6.45, 7) is 0. The third-order valence-electron chi connectivity index (χ3n) is 1.38. The van der Waals surface area contributed by atoms with Gasteiger partial charge in [0.25, 0.3) is 5.91 Å². The molecule has 0 atom stereocenters. The van der Waals surface area contributed by atoms with Crippen molar-refractivity contribution < 1.29 is 18.0 Å². The van der Waals surface area contributed by atoms with Crippen LogP contribution in [-0.2, 0) is 4.79 Å². The van der Waals surface area contributed by atoms with Gasteiger partial charge in [-0.15, -0.1) is 0 Å². The van der Waals surface area contributed by atoms with Crippen LogP contribution in [0.3, 0.4) is 0 Å². The van der Waals surface area contributed by atoms with E-state index in [9.17, 15) is 18.0 Å². The van der Waals surface area contributed by atoms with Gasteiger partial charge in [-0.3, -0.25) is 4.79 Å². The molecule has 2 nitrogen and oxygen atoms in total. The van der Waals surface area contributed by atoms with Crippen molar-refractivity contribution in [1.82, 2.24) is 0 Å². The summed E-state index contributed by atoms with van der Waals surface area (Å²) in [5, 5.41) is 1.87. The zero-order chi connectivity index (χ0) is 10.7. The van der Waals surface area contributed by atoms with Crippen molar-refractivity contribution in [1.29, 1.82) is 0 Å². The van der Waals surface area contributed by atoms with Gasteiger partial charge in [-0.2, -0.15) is 8.78 Å². The Morgan fingerprint density at radius 1 is 1.43 bits per heavy atom. The van der Waals surface area contributed by atoms with Gasteiger partial charge >= 0.3 is 6.43 Å². The Bertz CT molecular complexity index is 356. The van der Waals surface area contributed by atoms with Gasteiger partial charge in [0.2, 0.25) is 0 Å². The van der Waals surface area contributed by atoms with Crippen molar-refractivity contribution in [3.05, 3.63) is 28.5 Å². The molecule has 0 heterocycles. The normalized spacial score (nSPS) is 10.4. The highest BCUT2D eigenvalue weighted by Crippen LogP contribution is 2.23. The number of alkyl halides is 2. The van der Waals surface area contributed by atoms with E-state index < -0.39 is 18.1 Å². The molecule has 0 bridgehead atoms. The summed E-state index contributed by atoms with van der Waals surface area (Å²) < 4.78 is 36.6. The summed E-state index contributed by atoms with van der Waals surface area (Å²) >= 11 is 2.98. The van der Waals surface area contributed by atoms with Crippen molar-refractivity contribution in [2.24, 2.45) is 0 Å². The molecule has 0 radical (unpaired) electrons. The molecule has 0 aliphatic carbocycles. The van der Waals surface area contributed by atoms with Crippen LogP contribution in [0.5, 0.6) is 0 Å². The number of carbonyl (C=O) groups excluding carboxylic acids is 1. The first kappa shape index (κ1) is 11.0. The number of carbonyl (C=O) groups is 1. The number of anilines is 1. The standard InChI is InChI=1S/C8H5BrF3NO/c9-5-2-1-4(10)3-6(5)13-8(14)7(11)12/h1-3,7H,(H,13,14). The minimum Gasteiger partial charge on any atom is -0.320 e. The van der Waals surface area contributed by atoms with Crippen molar-refractivity contribution in [2.75, 3.05) is 5.32 Å². The highest BCUT2D eigenvalue weighted by Gasteiger charge is 2.16. The fraction of sp³-hybridized carbons (Fsp3) is 0.125. The van der Waals surface area contributed by atoms with E-state index in [1.165, 1.54) is 6.07 Å². The van der Waals surface area contributed by atoms with Crippen molar-refractivity contribution >= 4 is 27.5 Å². The van der Waals surface area contributed by atoms with Crippen LogP contribution < -0.4 is 5.32 Å². The zero-order valence-electron chi connectivity index (χ0n) is 6.73. The number of hydrogen-bond donors (Lipinski definition) is 1. The molecule has 0 aliphatic heterocycles. The minimum absolute atomic E-state index is 0.0182. The van der Waals surface area contributed by atoms with Crippen LogP contribution in [0.1, 0.15) is 0 Å². The van der Waals surface area contributed by atoms with E-state index in [-0.39, 0.29) is 5.69 Å². The highest BCUT2D eigenvalue weighted by atomic mass is 79.9. The van der Waals surface area contributed by atoms with E-state index in [2.05, 4.69) is 15.9 Å². The van der Waals surface area contributed by atoms with E-state index in [1.54, 1.807) is 0 Å². The van der Waals surface area contributed by atoms with E-state index in [0.717, 1.165) is 12.1 Å². The number of rotatable bonds is 2. The third-order valence-corrected chi connectivity index (χ3v) is 2.08. The summed E-state index contributed by atoms with van der Waals surface area (Å²) in [5.74, 6) is -2.07. The topological polar surface area (TPSA) is 29.1 Å². The van der Waals surface area contributed by atoms with Gasteiger partial charge in [-0.05, 0) is 34.1 Å². The highest BCUT2D eigenvalue weighted by molar-refractivity contribution is 9.10. The largest absolute Gasteiger partial charge is 0.320 e. The fourth-order valence-corrected chi connectivity index (χ4v) is 1.13. The molecule has 6 heteroatoms. The lowest BCUT2D eigenvalue weighted by Crippen LogP contribution is -2.20. The second-order valence-electron chi connectivity index (χ2n) is 2.41. The van der Waals surface area contributed by atoms with Gasteiger partial charge in [0.05, 0.1) is 5.69 Å². The first-order valence-electron chi connectivity index (χ1n) is 3.55. The predicted molar refractivity (Wildman–Crippen MR) is 48.7 cm³/mol. The molecule has 14 heavy (non-hydrogen) atoms. The number of hydrogen-bond acceptors (Lipinski definition) is 1. The average Bonchev–Trinajstić information content (AvgIpc) is 2.11. The molecule has 1 amide bonds. The molecule has 0 unspecified atom stereocenters. The minimum atomic E-state index is -3.12. The summed E-state index contributed by atoms with van der Waals surface area (Å²) in [4.78, 5) is 10.6. The average molecular weight is 268 g/mol.